The Labute approximate surface area is 177 Å². The van der Waals surface area contributed by atoms with Crippen molar-refractivity contribution < 1.29 is 24.1 Å². The number of aromatic carboxylic acids is 1. The number of ether oxygens (including phenoxy) is 1. The zero-order chi connectivity index (χ0) is 21.8. The molecule has 0 atom stereocenters. The number of nitrogens with zero attached hydrogens (tertiary/aromatic N) is 2. The van der Waals surface area contributed by atoms with Crippen LogP contribution in [-0.4, -0.2) is 26.2 Å². The van der Waals surface area contributed by atoms with Gasteiger partial charge in [0.1, 0.15) is 17.9 Å². The van der Waals surface area contributed by atoms with E-state index in [4.69, 9.17) is 4.74 Å². The van der Waals surface area contributed by atoms with Crippen LogP contribution in [-0.2, 0) is 19.6 Å². The molecule has 0 amide bonds. The van der Waals surface area contributed by atoms with Crippen LogP contribution in [0.3, 0.4) is 0 Å². The first-order chi connectivity index (χ1) is 15.0. The van der Waals surface area contributed by atoms with Crippen molar-refractivity contribution in [2.75, 3.05) is 0 Å². The number of aliphatic hydroxyl groups is 1. The molecule has 2 aromatic carbocycles. The number of aromatic nitrogens is 2. The van der Waals surface area contributed by atoms with E-state index in [1.165, 1.54) is 12.1 Å². The molecule has 6 nitrogen and oxygen atoms in total. The summed E-state index contributed by atoms with van der Waals surface area (Å²) in [7, 11) is 0. The van der Waals surface area contributed by atoms with E-state index in [9.17, 15) is 19.4 Å². The summed E-state index contributed by atoms with van der Waals surface area (Å²) in [4.78, 5) is 20.4. The monoisotopic (exact) mass is 418 g/mol. The summed E-state index contributed by atoms with van der Waals surface area (Å²) >= 11 is 0. The first-order valence-corrected chi connectivity index (χ1v) is 9.62. The molecular formula is C24H19FN2O4. The maximum absolute atomic E-state index is 13.2. The summed E-state index contributed by atoms with van der Waals surface area (Å²) in [6.07, 6.45) is 2.11. The van der Waals surface area contributed by atoms with Crippen molar-refractivity contribution in [2.45, 2.75) is 19.6 Å². The molecule has 4 rings (SSSR count). The first kappa shape index (κ1) is 20.4. The van der Waals surface area contributed by atoms with Crippen LogP contribution in [0.15, 0.2) is 66.9 Å². The number of hydrogen-bond acceptors (Lipinski definition) is 5. The van der Waals surface area contributed by atoms with Gasteiger partial charge in [-0.2, -0.15) is 0 Å². The number of fused-ring (bicyclic) bond motifs is 1. The lowest BCUT2D eigenvalue weighted by Crippen LogP contribution is -2.10. The molecule has 0 aliphatic rings. The Morgan fingerprint density at radius 2 is 1.74 bits per heavy atom. The van der Waals surface area contributed by atoms with E-state index in [1.807, 2.05) is 30.3 Å². The van der Waals surface area contributed by atoms with Gasteiger partial charge in [0.2, 0.25) is 0 Å². The van der Waals surface area contributed by atoms with Crippen molar-refractivity contribution in [3.8, 4) is 5.75 Å². The molecule has 0 saturated heterocycles. The standard InChI is InChI=1S/C24H19FN2O4/c25-18-8-6-15(7-9-18)10-17-11-19-20(13-28)27-22(24(29)30)23(21(19)26-12-17)31-14-16-4-2-1-3-5-16/h1-9,11-12,28H,10,13-14H2,(H,29,30). The molecule has 2 heterocycles. The number of carboxylic acid groups (broad SMARTS) is 1. The maximum atomic E-state index is 13.2. The van der Waals surface area contributed by atoms with Gasteiger partial charge in [0.15, 0.2) is 11.4 Å². The Kier molecular flexibility index (Phi) is 5.86. The van der Waals surface area contributed by atoms with E-state index in [-0.39, 0.29) is 29.6 Å². The largest absolute Gasteiger partial charge is 0.484 e. The number of hydrogen-bond donors (Lipinski definition) is 2. The van der Waals surface area contributed by atoms with Crippen molar-refractivity contribution in [2.24, 2.45) is 0 Å². The van der Waals surface area contributed by atoms with Gasteiger partial charge >= 0.3 is 5.97 Å². The van der Waals surface area contributed by atoms with Gasteiger partial charge in [-0.25, -0.2) is 14.2 Å². The normalized spacial score (nSPS) is 10.9. The van der Waals surface area contributed by atoms with Crippen LogP contribution >= 0.6 is 0 Å². The Balaban J connectivity index is 1.76. The van der Waals surface area contributed by atoms with Gasteiger partial charge < -0.3 is 14.9 Å². The fourth-order valence-corrected chi connectivity index (χ4v) is 3.33. The highest BCUT2D eigenvalue weighted by atomic mass is 19.1. The van der Waals surface area contributed by atoms with Crippen molar-refractivity contribution in [3.63, 3.8) is 0 Å². The van der Waals surface area contributed by atoms with E-state index in [2.05, 4.69) is 9.97 Å². The van der Waals surface area contributed by atoms with Crippen LogP contribution < -0.4 is 4.74 Å². The lowest BCUT2D eigenvalue weighted by molar-refractivity contribution is 0.0684. The Hall–Kier alpha value is -3.84. The van der Waals surface area contributed by atoms with Crippen LogP contribution in [0.2, 0.25) is 0 Å². The maximum Gasteiger partial charge on any atom is 0.358 e. The quantitative estimate of drug-likeness (QED) is 0.469. The zero-order valence-corrected chi connectivity index (χ0v) is 16.5. The van der Waals surface area contributed by atoms with Crippen LogP contribution in [0.25, 0.3) is 10.9 Å². The third-order valence-corrected chi connectivity index (χ3v) is 4.83. The second-order valence-corrected chi connectivity index (χ2v) is 7.02. The Morgan fingerprint density at radius 3 is 2.42 bits per heavy atom. The molecule has 2 aromatic heterocycles. The summed E-state index contributed by atoms with van der Waals surface area (Å²) in [6, 6.07) is 17.3. The molecule has 0 spiro atoms. The SMILES string of the molecule is O=C(O)c1nc(CO)c2cc(Cc3ccc(F)cc3)cnc2c1OCc1ccccc1. The van der Waals surface area contributed by atoms with E-state index < -0.39 is 12.6 Å². The van der Waals surface area contributed by atoms with E-state index in [0.717, 1.165) is 16.7 Å². The van der Waals surface area contributed by atoms with Crippen molar-refractivity contribution >= 4 is 16.9 Å². The number of pyridine rings is 2. The molecule has 0 aliphatic heterocycles. The lowest BCUT2D eigenvalue weighted by atomic mass is 10.0. The highest BCUT2D eigenvalue weighted by molar-refractivity contribution is 5.98. The molecule has 31 heavy (non-hydrogen) atoms. The molecule has 0 saturated carbocycles. The summed E-state index contributed by atoms with van der Waals surface area (Å²) in [5.74, 6) is -1.53. The predicted molar refractivity (Wildman–Crippen MR) is 112 cm³/mol. The van der Waals surface area contributed by atoms with Crippen LogP contribution in [0, 0.1) is 5.82 Å². The van der Waals surface area contributed by atoms with E-state index >= 15 is 0 Å². The number of benzene rings is 2. The molecule has 0 aliphatic carbocycles. The summed E-state index contributed by atoms with van der Waals surface area (Å²) in [5.41, 5.74) is 2.79. The zero-order valence-electron chi connectivity index (χ0n) is 16.5. The van der Waals surface area contributed by atoms with Gasteiger partial charge in [-0.3, -0.25) is 4.98 Å². The van der Waals surface area contributed by atoms with Gasteiger partial charge in [-0.05, 0) is 41.3 Å². The van der Waals surface area contributed by atoms with Gasteiger partial charge in [0.05, 0.1) is 12.3 Å². The smallest absolute Gasteiger partial charge is 0.358 e. The van der Waals surface area contributed by atoms with Gasteiger partial charge in [0.25, 0.3) is 0 Å². The van der Waals surface area contributed by atoms with Crippen LogP contribution in [0.5, 0.6) is 5.75 Å². The minimum absolute atomic E-state index is 0.0527. The van der Waals surface area contributed by atoms with Gasteiger partial charge in [0, 0.05) is 11.6 Å². The number of carbonyl (C=O) groups is 1. The topological polar surface area (TPSA) is 92.5 Å². The average molecular weight is 418 g/mol. The fourth-order valence-electron chi connectivity index (χ4n) is 3.33. The second kappa shape index (κ2) is 8.89. The highest BCUT2D eigenvalue weighted by Gasteiger charge is 2.21. The summed E-state index contributed by atoms with van der Waals surface area (Å²) < 4.78 is 19.0. The molecule has 2 N–H and O–H groups in total. The van der Waals surface area contributed by atoms with E-state index in [1.54, 1.807) is 24.4 Å². The number of halogens is 1. The minimum atomic E-state index is -1.27. The highest BCUT2D eigenvalue weighted by Crippen LogP contribution is 2.31. The van der Waals surface area contributed by atoms with Gasteiger partial charge in [-0.1, -0.05) is 42.5 Å². The molecule has 0 radical (unpaired) electrons. The third kappa shape index (κ3) is 4.51. The van der Waals surface area contributed by atoms with E-state index in [0.29, 0.717) is 17.3 Å². The molecule has 0 unspecified atom stereocenters. The van der Waals surface area contributed by atoms with Crippen molar-refractivity contribution in [1.29, 1.82) is 0 Å². The molecular weight excluding hydrogens is 399 g/mol. The second-order valence-electron chi connectivity index (χ2n) is 7.02. The third-order valence-electron chi connectivity index (χ3n) is 4.83. The number of rotatable bonds is 7. The Bertz CT molecular complexity index is 1230. The molecule has 0 fully saturated rings. The van der Waals surface area contributed by atoms with Crippen molar-refractivity contribution in [1.82, 2.24) is 9.97 Å². The van der Waals surface area contributed by atoms with Gasteiger partial charge in [-0.15, -0.1) is 0 Å². The molecule has 7 heteroatoms. The first-order valence-electron chi connectivity index (χ1n) is 9.62. The van der Waals surface area contributed by atoms with Crippen LogP contribution in [0.4, 0.5) is 4.39 Å². The lowest BCUT2D eigenvalue weighted by Gasteiger charge is -2.14. The Morgan fingerprint density at radius 1 is 1.00 bits per heavy atom. The summed E-state index contributed by atoms with van der Waals surface area (Å²) in [5, 5.41) is 19.9. The summed E-state index contributed by atoms with van der Waals surface area (Å²) in [6.45, 7) is -0.299. The number of aliphatic hydroxyl groups excluding tert-OH is 1. The average Bonchev–Trinajstić information content (AvgIpc) is 2.79. The van der Waals surface area contributed by atoms with Crippen LogP contribution in [0.1, 0.15) is 32.9 Å². The molecule has 4 aromatic rings. The number of carboxylic acids is 1. The predicted octanol–water partition coefficient (Wildman–Crippen LogP) is 4.13. The minimum Gasteiger partial charge on any atom is -0.484 e. The molecule has 156 valence electrons. The molecule has 0 bridgehead atoms. The fraction of sp³-hybridized carbons (Fsp3) is 0.125. The van der Waals surface area contributed by atoms with Crippen molar-refractivity contribution in [3.05, 3.63) is 101 Å².